The molecule has 2 aromatic carbocycles. The van der Waals surface area contributed by atoms with Crippen LogP contribution in [0, 0.1) is 18.3 Å². The van der Waals surface area contributed by atoms with Gasteiger partial charge in [-0.3, -0.25) is 9.88 Å². The van der Waals surface area contributed by atoms with E-state index < -0.39 is 12.0 Å². The number of aromatic amines is 1. The Morgan fingerprint density at radius 2 is 2.09 bits per heavy atom. The standard InChI is InChI=1S/C14H17FNO2.C8H4F3N2.Mn/c1-10-8-16(4-5-17-10)13-6-11-2-3-12(15)7-14(11)18-9-13;9-8(10,11)7-12-5-3-1-2-4-6(5)13-7;/h2-3,6-7,10,13H,4-5,8-9H2,1H3;1-3H,(H,12,13);/q2*-1;+2/t10-,13-;;/m1../s1. The molecule has 0 aliphatic carbocycles. The molecule has 0 bridgehead atoms. The molecule has 1 fully saturated rings. The number of fused-ring (bicyclic) bond motifs is 2. The van der Waals surface area contributed by atoms with E-state index in [9.17, 15) is 17.6 Å². The molecule has 1 saturated heterocycles. The Labute approximate surface area is 193 Å². The molecule has 2 aliphatic rings. The first-order valence-electron chi connectivity index (χ1n) is 9.86. The summed E-state index contributed by atoms with van der Waals surface area (Å²) in [5, 5.41) is 0. The maximum Gasteiger partial charge on any atom is 2.00 e. The van der Waals surface area contributed by atoms with E-state index >= 15 is 0 Å². The molecule has 2 aliphatic heterocycles. The van der Waals surface area contributed by atoms with Crippen molar-refractivity contribution in [3.63, 3.8) is 0 Å². The van der Waals surface area contributed by atoms with Crippen molar-refractivity contribution in [1.82, 2.24) is 14.9 Å². The molecule has 5 nitrogen and oxygen atoms in total. The summed E-state index contributed by atoms with van der Waals surface area (Å²) in [6, 6.07) is 12.2. The van der Waals surface area contributed by atoms with E-state index in [1.165, 1.54) is 24.3 Å². The van der Waals surface area contributed by atoms with Crippen molar-refractivity contribution < 1.29 is 44.1 Å². The fourth-order valence-corrected chi connectivity index (χ4v) is 3.58. The number of para-hydroxylation sites is 1. The minimum atomic E-state index is -4.42. The van der Waals surface area contributed by atoms with Gasteiger partial charge in [0.25, 0.3) is 0 Å². The molecular formula is C22H21F4MnN3O2. The predicted molar refractivity (Wildman–Crippen MR) is 106 cm³/mol. The van der Waals surface area contributed by atoms with Gasteiger partial charge in [-0.05, 0) is 24.0 Å². The van der Waals surface area contributed by atoms with Crippen LogP contribution in [0.2, 0.25) is 0 Å². The summed E-state index contributed by atoms with van der Waals surface area (Å²) < 4.78 is 60.6. The third-order valence-electron chi connectivity index (χ3n) is 5.08. The van der Waals surface area contributed by atoms with E-state index in [0.717, 1.165) is 25.3 Å². The van der Waals surface area contributed by atoms with Gasteiger partial charge in [-0.15, -0.1) is 11.6 Å². The van der Waals surface area contributed by atoms with Gasteiger partial charge in [-0.1, -0.05) is 6.07 Å². The maximum absolute atomic E-state index is 13.1. The second-order valence-corrected chi connectivity index (χ2v) is 7.42. The zero-order chi connectivity index (χ0) is 22.0. The summed E-state index contributed by atoms with van der Waals surface area (Å²) in [7, 11) is 0. The first-order valence-corrected chi connectivity index (χ1v) is 9.86. The quantitative estimate of drug-likeness (QED) is 0.315. The summed E-state index contributed by atoms with van der Waals surface area (Å²) in [4.78, 5) is 7.88. The number of halogens is 4. The number of alkyl halides is 3. The van der Waals surface area contributed by atoms with Crippen LogP contribution in [-0.2, 0) is 28.0 Å². The smallest absolute Gasteiger partial charge is 0.549 e. The van der Waals surface area contributed by atoms with Gasteiger partial charge in [0.2, 0.25) is 0 Å². The summed E-state index contributed by atoms with van der Waals surface area (Å²) in [6.07, 6.45) is -2.00. The van der Waals surface area contributed by atoms with E-state index in [2.05, 4.69) is 34.3 Å². The number of H-pyrrole nitrogens is 1. The minimum absolute atomic E-state index is 0. The number of imidazole rings is 1. The molecule has 0 unspecified atom stereocenters. The average Bonchev–Trinajstić information content (AvgIpc) is 3.19. The van der Waals surface area contributed by atoms with Gasteiger partial charge < -0.3 is 14.5 Å². The molecule has 5 rings (SSSR count). The van der Waals surface area contributed by atoms with Gasteiger partial charge in [0.15, 0.2) is 5.82 Å². The molecule has 0 amide bonds. The number of hydrogen-bond acceptors (Lipinski definition) is 4. The Kier molecular flexibility index (Phi) is 7.71. The molecule has 1 N–H and O–H groups in total. The van der Waals surface area contributed by atoms with Gasteiger partial charge in [0.05, 0.1) is 19.3 Å². The van der Waals surface area contributed by atoms with Gasteiger partial charge in [-0.25, -0.2) is 4.39 Å². The Morgan fingerprint density at radius 1 is 1.28 bits per heavy atom. The van der Waals surface area contributed by atoms with Crippen LogP contribution in [0.4, 0.5) is 17.6 Å². The number of morpholine rings is 1. The van der Waals surface area contributed by atoms with Crippen molar-refractivity contribution in [3.8, 4) is 5.75 Å². The zero-order valence-electron chi connectivity index (χ0n) is 17.1. The molecule has 171 valence electrons. The third kappa shape index (κ3) is 5.75. The fraction of sp³-hybridized carbons (Fsp3) is 0.364. The number of ether oxygens (including phenoxy) is 2. The van der Waals surface area contributed by atoms with Crippen LogP contribution in [-0.4, -0.2) is 53.3 Å². The molecule has 3 aromatic rings. The summed E-state index contributed by atoms with van der Waals surface area (Å²) in [5.74, 6) is -0.585. The van der Waals surface area contributed by atoms with Crippen LogP contribution in [0.1, 0.15) is 18.3 Å². The molecule has 32 heavy (non-hydrogen) atoms. The Balaban J connectivity index is 0.000000184. The third-order valence-corrected chi connectivity index (χ3v) is 5.08. The van der Waals surface area contributed by atoms with Crippen molar-refractivity contribution in [1.29, 1.82) is 0 Å². The number of benzene rings is 2. The Morgan fingerprint density at radius 3 is 2.81 bits per heavy atom. The second kappa shape index (κ2) is 10.1. The summed E-state index contributed by atoms with van der Waals surface area (Å²) in [5.41, 5.74) is 1.52. The molecular weight excluding hydrogens is 469 g/mol. The van der Waals surface area contributed by atoms with Crippen molar-refractivity contribution in [3.05, 3.63) is 66.1 Å². The monoisotopic (exact) mass is 490 g/mol. The van der Waals surface area contributed by atoms with Crippen LogP contribution in [0.15, 0.2) is 36.4 Å². The Hall–Kier alpha value is -2.26. The van der Waals surface area contributed by atoms with Gasteiger partial charge in [-0.2, -0.15) is 43.9 Å². The van der Waals surface area contributed by atoms with Gasteiger partial charge in [0, 0.05) is 24.9 Å². The van der Waals surface area contributed by atoms with E-state index in [0.29, 0.717) is 12.4 Å². The molecule has 1 radical (unpaired) electrons. The average molecular weight is 490 g/mol. The second-order valence-electron chi connectivity index (χ2n) is 7.42. The molecule has 0 saturated carbocycles. The first-order chi connectivity index (χ1) is 14.8. The SMILES string of the molecule is C[C@@H]1CN([C@@H]2[CH-]c3ccc(F)cc3OC2)CCO1.FC(F)(F)c1nc2ccc[c-]c2[nH]1.[Mn+2]. The maximum atomic E-state index is 13.1. The molecule has 10 heteroatoms. The number of nitrogens with zero attached hydrogens (tertiary/aromatic N) is 2. The Bertz CT molecular complexity index is 1010. The number of aromatic nitrogens is 2. The summed E-state index contributed by atoms with van der Waals surface area (Å²) >= 11 is 0. The predicted octanol–water partition coefficient (Wildman–Crippen LogP) is 4.24. The number of rotatable bonds is 1. The molecule has 1 aromatic heterocycles. The topological polar surface area (TPSA) is 50.4 Å². The van der Waals surface area contributed by atoms with Crippen molar-refractivity contribution in [2.24, 2.45) is 0 Å². The zero-order valence-corrected chi connectivity index (χ0v) is 18.3. The van der Waals surface area contributed by atoms with Crippen LogP contribution in [0.5, 0.6) is 5.75 Å². The van der Waals surface area contributed by atoms with Crippen molar-refractivity contribution >= 4 is 11.0 Å². The van der Waals surface area contributed by atoms with Crippen LogP contribution in [0.3, 0.4) is 0 Å². The van der Waals surface area contributed by atoms with Crippen LogP contribution < -0.4 is 4.74 Å². The van der Waals surface area contributed by atoms with E-state index in [4.69, 9.17) is 9.47 Å². The van der Waals surface area contributed by atoms with Crippen LogP contribution in [0.25, 0.3) is 11.0 Å². The molecule has 2 atom stereocenters. The summed E-state index contributed by atoms with van der Waals surface area (Å²) in [6.45, 7) is 5.27. The largest absolute Gasteiger partial charge is 2.00 e. The van der Waals surface area contributed by atoms with E-state index in [-0.39, 0.29) is 46.1 Å². The minimum Gasteiger partial charge on any atom is -0.549 e. The van der Waals surface area contributed by atoms with Gasteiger partial charge >= 0.3 is 23.2 Å². The van der Waals surface area contributed by atoms with Crippen molar-refractivity contribution in [2.75, 3.05) is 26.3 Å². The normalized spacial score (nSPS) is 20.8. The van der Waals surface area contributed by atoms with E-state index in [1.807, 2.05) is 0 Å². The van der Waals surface area contributed by atoms with E-state index in [1.54, 1.807) is 12.1 Å². The van der Waals surface area contributed by atoms with Crippen molar-refractivity contribution in [2.45, 2.75) is 25.2 Å². The number of hydrogen-bond donors (Lipinski definition) is 1. The fourth-order valence-electron chi connectivity index (χ4n) is 3.58. The van der Waals surface area contributed by atoms with Gasteiger partial charge in [0.1, 0.15) is 5.82 Å². The molecule has 0 spiro atoms. The first kappa shape index (κ1) is 24.4. The number of nitrogens with one attached hydrogen (secondary N) is 1. The molecule has 3 heterocycles. The van der Waals surface area contributed by atoms with Crippen LogP contribution >= 0.6 is 0 Å².